The van der Waals surface area contributed by atoms with E-state index in [4.69, 9.17) is 11.6 Å². The smallest absolute Gasteiger partial charge is 0.429 e. The van der Waals surface area contributed by atoms with Crippen molar-refractivity contribution in [1.82, 2.24) is 0 Å². The number of alkyl halides is 5. The Morgan fingerprint density at radius 1 is 0.861 bits per heavy atom. The van der Waals surface area contributed by atoms with Gasteiger partial charge in [0, 0.05) is 17.7 Å². The van der Waals surface area contributed by atoms with Crippen molar-refractivity contribution in [3.05, 3.63) is 94.5 Å². The Hall–Kier alpha value is -3.27. The zero-order valence-corrected chi connectivity index (χ0v) is 19.2. The van der Waals surface area contributed by atoms with Gasteiger partial charge in [-0.2, -0.15) is 22.0 Å². The minimum Gasteiger partial charge on any atom is -0.460 e. The van der Waals surface area contributed by atoms with E-state index in [1.165, 1.54) is 12.1 Å². The van der Waals surface area contributed by atoms with Crippen LogP contribution in [0.5, 0.6) is 11.5 Å². The van der Waals surface area contributed by atoms with Crippen LogP contribution in [0.2, 0.25) is 5.02 Å². The molecule has 0 aromatic heterocycles. The topological polar surface area (TPSA) is 18.5 Å². The van der Waals surface area contributed by atoms with Gasteiger partial charge in [-0.15, -0.1) is 0 Å². The molecule has 0 aliphatic carbocycles. The number of aryl methyl sites for hydroxylation is 1. The maximum atomic E-state index is 14.7. The van der Waals surface area contributed by atoms with Gasteiger partial charge in [0.15, 0.2) is 11.6 Å². The van der Waals surface area contributed by atoms with Gasteiger partial charge in [0.1, 0.15) is 17.4 Å². The standard InChI is InChI=1S/C25H17ClF8O2/c1-2-3-14-4-6-17(20(27)10-14)15-5-7-18(21(28)11-15)25(33,34)36-16-12-19(26)23(22(29)13-16)35-9-8-24(30,31)32/h4-13H,2-3H2,1H3. The lowest BCUT2D eigenvalue weighted by molar-refractivity contribution is -0.187. The number of allylic oxidation sites excluding steroid dienone is 1. The first-order valence-electron chi connectivity index (χ1n) is 10.4. The van der Waals surface area contributed by atoms with Crippen LogP contribution in [0.4, 0.5) is 35.1 Å². The summed E-state index contributed by atoms with van der Waals surface area (Å²) in [6.07, 6.45) is -7.85. The molecule has 0 unspecified atom stereocenters. The molecule has 0 aliphatic rings. The quantitative estimate of drug-likeness (QED) is 0.211. The number of benzene rings is 3. The van der Waals surface area contributed by atoms with Crippen LogP contribution >= 0.6 is 11.6 Å². The highest BCUT2D eigenvalue weighted by atomic mass is 35.5. The summed E-state index contributed by atoms with van der Waals surface area (Å²) >= 11 is 5.71. The van der Waals surface area contributed by atoms with Crippen molar-refractivity contribution in [2.24, 2.45) is 0 Å². The molecule has 0 aliphatic heterocycles. The second-order valence-electron chi connectivity index (χ2n) is 7.56. The molecule has 3 aromatic carbocycles. The van der Waals surface area contributed by atoms with Gasteiger partial charge in [-0.3, -0.25) is 0 Å². The first-order chi connectivity index (χ1) is 16.8. The highest BCUT2D eigenvalue weighted by Crippen LogP contribution is 2.39. The summed E-state index contributed by atoms with van der Waals surface area (Å²) < 4.78 is 118. The van der Waals surface area contributed by atoms with Crippen LogP contribution in [0.15, 0.2) is 60.9 Å². The van der Waals surface area contributed by atoms with Crippen LogP contribution in [0.25, 0.3) is 11.1 Å². The third-order valence-electron chi connectivity index (χ3n) is 4.83. The minimum absolute atomic E-state index is 0.00792. The molecule has 2 nitrogen and oxygen atoms in total. The summed E-state index contributed by atoms with van der Waals surface area (Å²) in [5.74, 6) is -5.18. The molecule has 0 atom stereocenters. The largest absolute Gasteiger partial charge is 0.460 e. The fraction of sp³-hybridized carbons (Fsp3) is 0.200. The normalized spacial score (nSPS) is 12.3. The lowest BCUT2D eigenvalue weighted by Gasteiger charge is -2.20. The summed E-state index contributed by atoms with van der Waals surface area (Å²) in [5, 5.41) is -0.676. The summed E-state index contributed by atoms with van der Waals surface area (Å²) in [6.45, 7) is 1.92. The van der Waals surface area contributed by atoms with E-state index in [9.17, 15) is 35.1 Å². The van der Waals surface area contributed by atoms with Gasteiger partial charge in [0.2, 0.25) is 0 Å². The van der Waals surface area contributed by atoms with Crippen LogP contribution in [0.3, 0.4) is 0 Å². The SMILES string of the molecule is CCCc1ccc(-c2ccc(C(F)(F)Oc3cc(F)c(OC=CC(F)(F)F)c(Cl)c3)c(F)c2)c(F)c1. The Labute approximate surface area is 205 Å². The van der Waals surface area contributed by atoms with Gasteiger partial charge in [-0.05, 0) is 35.7 Å². The molecule has 0 amide bonds. The Bertz CT molecular complexity index is 1250. The van der Waals surface area contributed by atoms with Crippen LogP contribution in [-0.2, 0) is 12.5 Å². The van der Waals surface area contributed by atoms with Crippen LogP contribution in [-0.4, -0.2) is 6.18 Å². The predicted molar refractivity (Wildman–Crippen MR) is 118 cm³/mol. The maximum Gasteiger partial charge on any atom is 0.429 e. The van der Waals surface area contributed by atoms with Gasteiger partial charge < -0.3 is 9.47 Å². The fourth-order valence-electron chi connectivity index (χ4n) is 3.25. The molecule has 0 heterocycles. The summed E-state index contributed by atoms with van der Waals surface area (Å²) in [4.78, 5) is 0. The minimum atomic E-state index is -4.74. The van der Waals surface area contributed by atoms with E-state index in [1.54, 1.807) is 6.07 Å². The van der Waals surface area contributed by atoms with Crippen molar-refractivity contribution < 1.29 is 44.6 Å². The predicted octanol–water partition coefficient (Wildman–Crippen LogP) is 8.96. The first-order valence-corrected chi connectivity index (χ1v) is 10.7. The number of hydrogen-bond acceptors (Lipinski definition) is 2. The Morgan fingerprint density at radius 3 is 2.17 bits per heavy atom. The average Bonchev–Trinajstić information content (AvgIpc) is 2.74. The van der Waals surface area contributed by atoms with E-state index >= 15 is 0 Å². The molecule has 0 fully saturated rings. The van der Waals surface area contributed by atoms with Crippen molar-refractivity contribution in [3.63, 3.8) is 0 Å². The van der Waals surface area contributed by atoms with E-state index in [0.29, 0.717) is 30.7 Å². The number of rotatable bonds is 8. The van der Waals surface area contributed by atoms with Gasteiger partial charge in [-0.25, -0.2) is 13.2 Å². The third-order valence-corrected chi connectivity index (χ3v) is 5.11. The van der Waals surface area contributed by atoms with E-state index in [0.717, 1.165) is 18.1 Å². The number of halogens is 9. The van der Waals surface area contributed by atoms with E-state index < -0.39 is 51.8 Å². The molecule has 192 valence electrons. The molecule has 0 saturated heterocycles. The van der Waals surface area contributed by atoms with Gasteiger partial charge in [-0.1, -0.05) is 43.1 Å². The highest BCUT2D eigenvalue weighted by Gasteiger charge is 2.38. The second-order valence-corrected chi connectivity index (χ2v) is 7.96. The van der Waals surface area contributed by atoms with Crippen molar-refractivity contribution >= 4 is 11.6 Å². The molecule has 0 spiro atoms. The Kier molecular flexibility index (Phi) is 8.18. The molecule has 0 bridgehead atoms. The van der Waals surface area contributed by atoms with Gasteiger partial charge in [0.25, 0.3) is 0 Å². The second kappa shape index (κ2) is 10.8. The summed E-state index contributed by atoms with van der Waals surface area (Å²) in [6, 6.07) is 7.88. The molecule has 0 saturated carbocycles. The van der Waals surface area contributed by atoms with E-state index in [-0.39, 0.29) is 23.5 Å². The first kappa shape index (κ1) is 27.3. The maximum absolute atomic E-state index is 14.7. The molecule has 3 aromatic rings. The van der Waals surface area contributed by atoms with Crippen molar-refractivity contribution in [2.75, 3.05) is 0 Å². The van der Waals surface area contributed by atoms with Crippen molar-refractivity contribution in [1.29, 1.82) is 0 Å². The summed E-state index contributed by atoms with van der Waals surface area (Å²) in [5.41, 5.74) is -0.475. The van der Waals surface area contributed by atoms with Gasteiger partial charge in [0.05, 0.1) is 22.9 Å². The molecule has 36 heavy (non-hydrogen) atoms. The van der Waals surface area contributed by atoms with Crippen molar-refractivity contribution in [2.45, 2.75) is 32.1 Å². The molecular weight excluding hydrogens is 520 g/mol. The number of ether oxygens (including phenoxy) is 2. The van der Waals surface area contributed by atoms with Crippen molar-refractivity contribution in [3.8, 4) is 22.6 Å². The molecule has 0 radical (unpaired) electrons. The Balaban J connectivity index is 1.83. The van der Waals surface area contributed by atoms with Gasteiger partial charge >= 0.3 is 12.3 Å². The molecule has 0 N–H and O–H groups in total. The average molecular weight is 537 g/mol. The molecular formula is C25H17ClF8O2. The highest BCUT2D eigenvalue weighted by molar-refractivity contribution is 6.32. The molecule has 3 rings (SSSR count). The van der Waals surface area contributed by atoms with Crippen LogP contribution in [0.1, 0.15) is 24.5 Å². The van der Waals surface area contributed by atoms with E-state index in [2.05, 4.69) is 9.47 Å². The lowest BCUT2D eigenvalue weighted by Crippen LogP contribution is -2.23. The zero-order chi connectivity index (χ0) is 26.7. The fourth-order valence-corrected chi connectivity index (χ4v) is 3.49. The Morgan fingerprint density at radius 2 is 1.58 bits per heavy atom. The van der Waals surface area contributed by atoms with E-state index in [1.807, 2.05) is 6.92 Å². The third kappa shape index (κ3) is 6.69. The lowest BCUT2D eigenvalue weighted by atomic mass is 10.00. The molecule has 11 heteroatoms. The summed E-state index contributed by atoms with van der Waals surface area (Å²) in [7, 11) is 0. The zero-order valence-electron chi connectivity index (χ0n) is 18.4. The van der Waals surface area contributed by atoms with Crippen LogP contribution in [0, 0.1) is 17.5 Å². The number of hydrogen-bond donors (Lipinski definition) is 0. The van der Waals surface area contributed by atoms with Crippen LogP contribution < -0.4 is 9.47 Å². The monoisotopic (exact) mass is 536 g/mol.